The molecule has 0 bridgehead atoms. The minimum absolute atomic E-state index is 0. The number of hydrogen-bond donors (Lipinski definition) is 0. The normalized spacial score (nSPS) is 14.2. The molecule has 3 heteroatoms. The summed E-state index contributed by atoms with van der Waals surface area (Å²) in [5.74, 6) is 0. The predicted molar refractivity (Wildman–Crippen MR) is 56.3 cm³/mol. The van der Waals surface area contributed by atoms with Crippen LogP contribution in [0.4, 0.5) is 0 Å². The number of allylic oxidation sites excluding steroid dienone is 4. The molecule has 0 nitrogen and oxygen atoms in total. The molecule has 0 aromatic rings. The van der Waals surface area contributed by atoms with Crippen molar-refractivity contribution in [3.05, 3.63) is 21.1 Å². The average molecular weight is 447 g/mol. The quantitative estimate of drug-likeness (QED) is 0.567. The first-order chi connectivity index (χ1) is 4.34. The van der Waals surface area contributed by atoms with Gasteiger partial charge in [0.1, 0.15) is 0 Å². The molecule has 0 unspecified atom stereocenters. The zero-order valence-corrected chi connectivity index (χ0v) is 13.6. The number of rotatable bonds is 2. The van der Waals surface area contributed by atoms with Crippen LogP contribution in [0.25, 0.3) is 0 Å². The maximum atomic E-state index is 2.30. The predicted octanol–water partition coefficient (Wildman–Crippen LogP) is 3.70. The average Bonchev–Trinajstić information content (AvgIpc) is 2.18. The van der Waals surface area contributed by atoms with Gasteiger partial charge in [0.25, 0.3) is 0 Å². The van der Waals surface area contributed by atoms with Crippen molar-refractivity contribution in [3.63, 3.8) is 0 Å². The van der Waals surface area contributed by atoms with Gasteiger partial charge in [0.2, 0.25) is 0 Å². The summed E-state index contributed by atoms with van der Waals surface area (Å²) >= 11 is 1.27. The summed E-state index contributed by atoms with van der Waals surface area (Å²) in [5.41, 5.74) is 1.63. The first-order valence-electron chi connectivity index (χ1n) is 3.44. The third-order valence-corrected chi connectivity index (χ3v) is 3.43. The van der Waals surface area contributed by atoms with Crippen LogP contribution < -0.4 is 0 Å². The van der Waals surface area contributed by atoms with Gasteiger partial charge in [-0.2, -0.15) is 0 Å². The summed E-state index contributed by atoms with van der Waals surface area (Å²) in [6.45, 7) is 2.24. The van der Waals surface area contributed by atoms with Crippen LogP contribution >= 0.6 is 34.0 Å². The van der Waals surface area contributed by atoms with Crippen molar-refractivity contribution in [1.29, 1.82) is 0 Å². The molecule has 0 fully saturated rings. The molecule has 63 valence electrons. The van der Waals surface area contributed by atoms with Gasteiger partial charge < -0.3 is 0 Å². The fraction of sp³-hybridized carbons (Fsp3) is 0.500. The summed E-state index contributed by atoms with van der Waals surface area (Å²) in [5, 5.41) is 0. The zero-order valence-electron chi connectivity index (χ0n) is 6.59. The third-order valence-electron chi connectivity index (χ3n) is 1.55. The van der Waals surface area contributed by atoms with Crippen molar-refractivity contribution in [2.45, 2.75) is 26.2 Å². The zero-order chi connectivity index (χ0) is 6.69. The molecule has 0 N–H and O–H groups in total. The van der Waals surface area contributed by atoms with Crippen LogP contribution in [0.3, 0.4) is 0 Å². The molecule has 1 aliphatic carbocycles. The molecule has 1 rings (SSSR count). The standard InChI is InChI=1S/C8H11.2BrH.Hf/c1-2-5-8-6-3-4-7-8;;;/h3,6H,2,4-5H2,1H3;2*1H;. The van der Waals surface area contributed by atoms with Crippen molar-refractivity contribution < 1.29 is 24.4 Å². The topological polar surface area (TPSA) is 0 Å². The molecule has 0 spiro atoms. The molecule has 0 heterocycles. The van der Waals surface area contributed by atoms with Gasteiger partial charge in [-0.3, -0.25) is 0 Å². The second-order valence-corrected chi connectivity index (χ2v) is 4.53. The van der Waals surface area contributed by atoms with Crippen molar-refractivity contribution >= 4 is 34.0 Å². The van der Waals surface area contributed by atoms with Gasteiger partial charge in [-0.1, -0.05) is 0 Å². The summed E-state index contributed by atoms with van der Waals surface area (Å²) in [4.78, 5) is 0. The Morgan fingerprint density at radius 1 is 1.45 bits per heavy atom. The molecule has 0 saturated carbocycles. The van der Waals surface area contributed by atoms with Crippen molar-refractivity contribution in [2.75, 3.05) is 0 Å². The molecule has 0 aromatic heterocycles. The van der Waals surface area contributed by atoms with Gasteiger partial charge in [-0.25, -0.2) is 0 Å². The van der Waals surface area contributed by atoms with E-state index in [0.29, 0.717) is 0 Å². The SMILES string of the molecule is Br.Br.CCCC1=[C]([Hf])CC=C1. The van der Waals surface area contributed by atoms with E-state index in [1.54, 1.807) is 8.90 Å². The maximum absolute atomic E-state index is 2.30. The van der Waals surface area contributed by atoms with Crippen LogP contribution in [0.2, 0.25) is 0 Å². The van der Waals surface area contributed by atoms with Crippen molar-refractivity contribution in [2.24, 2.45) is 0 Å². The number of hydrogen-bond acceptors (Lipinski definition) is 0. The van der Waals surface area contributed by atoms with E-state index in [9.17, 15) is 0 Å². The summed E-state index contributed by atoms with van der Waals surface area (Å²) < 4.78 is 1.71. The fourth-order valence-electron chi connectivity index (χ4n) is 1.05. The molecule has 0 aromatic carbocycles. The van der Waals surface area contributed by atoms with E-state index in [-0.39, 0.29) is 34.0 Å². The Morgan fingerprint density at radius 2 is 2.09 bits per heavy atom. The molecular formula is C8H13Br2Hf. The van der Waals surface area contributed by atoms with Gasteiger partial charge in [0.05, 0.1) is 0 Å². The van der Waals surface area contributed by atoms with Gasteiger partial charge in [-0.15, -0.1) is 34.0 Å². The van der Waals surface area contributed by atoms with Crippen molar-refractivity contribution in [3.8, 4) is 0 Å². The van der Waals surface area contributed by atoms with Crippen LogP contribution in [-0.2, 0) is 24.4 Å². The van der Waals surface area contributed by atoms with E-state index in [1.807, 2.05) is 0 Å². The first kappa shape index (κ1) is 14.8. The molecule has 11 heavy (non-hydrogen) atoms. The van der Waals surface area contributed by atoms with Gasteiger partial charge in [-0.05, 0) is 0 Å². The molecular weight excluding hydrogens is 434 g/mol. The number of halogens is 2. The summed E-state index contributed by atoms with van der Waals surface area (Å²) in [6, 6.07) is 0. The Morgan fingerprint density at radius 3 is 2.45 bits per heavy atom. The second kappa shape index (κ2) is 7.93. The Hall–Kier alpha value is 1.31. The van der Waals surface area contributed by atoms with Crippen LogP contribution in [0.15, 0.2) is 21.1 Å². The molecule has 0 atom stereocenters. The van der Waals surface area contributed by atoms with Crippen LogP contribution in [0.5, 0.6) is 0 Å². The summed E-state index contributed by atoms with van der Waals surface area (Å²) in [7, 11) is 0. The van der Waals surface area contributed by atoms with Crippen molar-refractivity contribution in [1.82, 2.24) is 0 Å². The van der Waals surface area contributed by atoms with Gasteiger partial charge >= 0.3 is 71.6 Å². The van der Waals surface area contributed by atoms with E-state index in [4.69, 9.17) is 0 Å². The Kier molecular flexibility index (Phi) is 10.7. The fourth-order valence-corrected chi connectivity index (χ4v) is 2.23. The van der Waals surface area contributed by atoms with E-state index < -0.39 is 0 Å². The molecule has 0 amide bonds. The molecule has 0 radical (unpaired) electrons. The third kappa shape index (κ3) is 4.79. The van der Waals surface area contributed by atoms with Gasteiger partial charge in [0.15, 0.2) is 0 Å². The van der Waals surface area contributed by atoms with Crippen LogP contribution in [-0.4, -0.2) is 0 Å². The first-order valence-corrected chi connectivity index (χ1v) is 5.24. The van der Waals surface area contributed by atoms with Crippen LogP contribution in [0, 0.1) is 0 Å². The molecule has 0 aliphatic heterocycles. The summed E-state index contributed by atoms with van der Waals surface area (Å²) in [6.07, 6.45) is 8.43. The molecule has 0 saturated heterocycles. The van der Waals surface area contributed by atoms with E-state index in [0.717, 1.165) is 0 Å². The Balaban J connectivity index is 0. The van der Waals surface area contributed by atoms with Crippen LogP contribution in [0.1, 0.15) is 26.2 Å². The van der Waals surface area contributed by atoms with E-state index in [2.05, 4.69) is 19.1 Å². The van der Waals surface area contributed by atoms with E-state index >= 15 is 0 Å². The monoisotopic (exact) mass is 447 g/mol. The molecule has 1 aliphatic rings. The van der Waals surface area contributed by atoms with Gasteiger partial charge in [0, 0.05) is 0 Å². The minimum atomic E-state index is 0. The Labute approximate surface area is 105 Å². The Bertz CT molecular complexity index is 161. The second-order valence-electron chi connectivity index (χ2n) is 2.36. The van der Waals surface area contributed by atoms with E-state index in [1.165, 1.54) is 43.6 Å².